The minimum Gasteiger partial charge on any atom is -0.548 e. The van der Waals surface area contributed by atoms with Gasteiger partial charge in [-0.1, -0.05) is 13.8 Å². The summed E-state index contributed by atoms with van der Waals surface area (Å²) in [5.41, 5.74) is 0. The van der Waals surface area contributed by atoms with Crippen molar-refractivity contribution in [3.8, 4) is 0 Å². The van der Waals surface area contributed by atoms with Gasteiger partial charge in [0.15, 0.2) is 0 Å². The van der Waals surface area contributed by atoms with E-state index in [1.54, 1.807) is 0 Å². The van der Waals surface area contributed by atoms with Crippen LogP contribution in [0.2, 0.25) is 19.6 Å². The van der Waals surface area contributed by atoms with E-state index < -0.39 is 8.32 Å². The normalized spacial score (nSPS) is 28.8. The Morgan fingerprint density at radius 3 is 2.46 bits per heavy atom. The van der Waals surface area contributed by atoms with Crippen LogP contribution in [-0.2, 0) is 4.43 Å². The summed E-state index contributed by atoms with van der Waals surface area (Å²) in [5.74, 6) is 2.81. The second-order valence-electron chi connectivity index (χ2n) is 5.10. The predicted molar refractivity (Wildman–Crippen MR) is 60.1 cm³/mol. The number of hydrogen-bond acceptors (Lipinski definition) is 1. The van der Waals surface area contributed by atoms with Crippen molar-refractivity contribution in [1.29, 1.82) is 0 Å². The van der Waals surface area contributed by atoms with Gasteiger partial charge in [-0.05, 0) is 44.0 Å². The Bertz CT molecular complexity index is 203. The maximum Gasteiger partial charge on any atom is 0.241 e. The summed E-state index contributed by atoms with van der Waals surface area (Å²) in [4.78, 5) is 0. The van der Waals surface area contributed by atoms with Gasteiger partial charge < -0.3 is 4.43 Å². The fourth-order valence-electron chi connectivity index (χ4n) is 1.93. The van der Waals surface area contributed by atoms with E-state index in [4.69, 9.17) is 4.43 Å². The summed E-state index contributed by atoms with van der Waals surface area (Å²) in [5, 5.41) is 0. The van der Waals surface area contributed by atoms with Crippen molar-refractivity contribution in [1.82, 2.24) is 0 Å². The third-order valence-electron chi connectivity index (χ3n) is 2.56. The van der Waals surface area contributed by atoms with Crippen molar-refractivity contribution in [2.45, 2.75) is 46.3 Å². The zero-order valence-electron chi connectivity index (χ0n) is 9.55. The molecule has 0 radical (unpaired) electrons. The lowest BCUT2D eigenvalue weighted by Gasteiger charge is -2.20. The maximum atomic E-state index is 6.00. The van der Waals surface area contributed by atoms with Gasteiger partial charge in [-0.15, -0.1) is 0 Å². The molecule has 0 saturated heterocycles. The van der Waals surface area contributed by atoms with Crippen LogP contribution < -0.4 is 0 Å². The molecule has 0 aliphatic heterocycles. The summed E-state index contributed by atoms with van der Waals surface area (Å²) in [6.07, 6.45) is 4.76. The molecule has 0 aromatic heterocycles. The summed E-state index contributed by atoms with van der Waals surface area (Å²) in [6.45, 7) is 11.3. The molecular weight excluding hydrogens is 176 g/mol. The van der Waals surface area contributed by atoms with Gasteiger partial charge in [0.2, 0.25) is 8.32 Å². The maximum absolute atomic E-state index is 6.00. The third-order valence-corrected chi connectivity index (χ3v) is 3.44. The van der Waals surface area contributed by atoms with Crippen LogP contribution in [-0.4, -0.2) is 8.32 Å². The Hall–Kier alpha value is -0.243. The second kappa shape index (κ2) is 3.87. The molecule has 0 unspecified atom stereocenters. The number of allylic oxidation sites excluding steroid dienone is 2. The van der Waals surface area contributed by atoms with E-state index in [-0.39, 0.29) is 0 Å². The first-order valence-corrected chi connectivity index (χ1v) is 8.73. The molecule has 0 bridgehead atoms. The van der Waals surface area contributed by atoms with Crippen LogP contribution in [0.15, 0.2) is 11.8 Å². The molecule has 0 N–H and O–H groups in total. The second-order valence-corrected chi connectivity index (χ2v) is 9.53. The quantitative estimate of drug-likeness (QED) is 0.627. The van der Waals surface area contributed by atoms with Crippen LogP contribution in [0.4, 0.5) is 0 Å². The molecule has 0 fully saturated rings. The summed E-state index contributed by atoms with van der Waals surface area (Å²) < 4.78 is 6.00. The lowest BCUT2D eigenvalue weighted by Crippen LogP contribution is -2.24. The van der Waals surface area contributed by atoms with Crippen molar-refractivity contribution in [3.05, 3.63) is 11.8 Å². The average Bonchev–Trinajstić information content (AvgIpc) is 2.26. The first-order chi connectivity index (χ1) is 5.92. The van der Waals surface area contributed by atoms with Gasteiger partial charge in [0.25, 0.3) is 0 Å². The summed E-state index contributed by atoms with van der Waals surface area (Å²) in [6, 6.07) is 0. The minimum absolute atomic E-state index is 0.756. The molecule has 0 amide bonds. The van der Waals surface area contributed by atoms with Gasteiger partial charge in [-0.25, -0.2) is 0 Å². The zero-order chi connectivity index (χ0) is 10.1. The summed E-state index contributed by atoms with van der Waals surface area (Å²) >= 11 is 0. The van der Waals surface area contributed by atoms with Crippen LogP contribution in [0.1, 0.15) is 26.7 Å². The van der Waals surface area contributed by atoms with Gasteiger partial charge in [0, 0.05) is 6.42 Å². The van der Waals surface area contributed by atoms with E-state index in [2.05, 4.69) is 39.6 Å². The molecule has 0 aromatic carbocycles. The van der Waals surface area contributed by atoms with Crippen molar-refractivity contribution < 1.29 is 4.43 Å². The van der Waals surface area contributed by atoms with E-state index in [1.807, 2.05) is 0 Å². The third kappa shape index (κ3) is 3.18. The molecule has 76 valence electrons. The van der Waals surface area contributed by atoms with Crippen LogP contribution in [0, 0.1) is 11.8 Å². The lowest BCUT2D eigenvalue weighted by atomic mass is 9.96. The Balaban J connectivity index is 2.54. The van der Waals surface area contributed by atoms with Crippen molar-refractivity contribution in [3.63, 3.8) is 0 Å². The highest BCUT2D eigenvalue weighted by Gasteiger charge is 2.26. The molecule has 1 aliphatic rings. The molecule has 13 heavy (non-hydrogen) atoms. The van der Waals surface area contributed by atoms with E-state index in [0.29, 0.717) is 0 Å². The standard InChI is InChI=1S/C11H22OSi/c1-6-10-8-11(7-9(10)2)12-13(3,4)5/h8-10H,6-7H2,1-5H3/t9-,10-/m0/s1. The van der Waals surface area contributed by atoms with E-state index >= 15 is 0 Å². The highest BCUT2D eigenvalue weighted by Crippen LogP contribution is 2.34. The van der Waals surface area contributed by atoms with Crippen LogP contribution in [0.25, 0.3) is 0 Å². The van der Waals surface area contributed by atoms with Crippen LogP contribution in [0.5, 0.6) is 0 Å². The van der Waals surface area contributed by atoms with E-state index in [1.165, 1.54) is 12.2 Å². The first kappa shape index (κ1) is 10.8. The van der Waals surface area contributed by atoms with Gasteiger partial charge in [0.1, 0.15) is 0 Å². The lowest BCUT2D eigenvalue weighted by molar-refractivity contribution is 0.377. The van der Waals surface area contributed by atoms with Gasteiger partial charge in [-0.2, -0.15) is 0 Å². The number of hydrogen-bond donors (Lipinski definition) is 0. The highest BCUT2D eigenvalue weighted by atomic mass is 28.4. The Morgan fingerprint density at radius 2 is 2.08 bits per heavy atom. The molecule has 1 aliphatic carbocycles. The van der Waals surface area contributed by atoms with Crippen molar-refractivity contribution in [2.75, 3.05) is 0 Å². The van der Waals surface area contributed by atoms with Gasteiger partial charge in [0.05, 0.1) is 5.76 Å². The molecule has 0 saturated carbocycles. The molecular formula is C11H22OSi. The molecule has 0 spiro atoms. The van der Waals surface area contributed by atoms with Crippen molar-refractivity contribution >= 4 is 8.32 Å². The fraction of sp³-hybridized carbons (Fsp3) is 0.818. The Morgan fingerprint density at radius 1 is 1.46 bits per heavy atom. The van der Waals surface area contributed by atoms with Crippen molar-refractivity contribution in [2.24, 2.45) is 11.8 Å². The monoisotopic (exact) mass is 198 g/mol. The Kier molecular flexibility index (Phi) is 3.22. The predicted octanol–water partition coefficient (Wildman–Crippen LogP) is 3.79. The molecule has 0 aromatic rings. The average molecular weight is 198 g/mol. The largest absolute Gasteiger partial charge is 0.548 e. The SMILES string of the molecule is CC[C@H]1C=C(O[Si](C)(C)C)C[C@@H]1C. The van der Waals surface area contributed by atoms with Gasteiger partial charge in [-0.3, -0.25) is 0 Å². The van der Waals surface area contributed by atoms with Gasteiger partial charge >= 0.3 is 0 Å². The smallest absolute Gasteiger partial charge is 0.241 e. The molecule has 2 heteroatoms. The van der Waals surface area contributed by atoms with Crippen LogP contribution >= 0.6 is 0 Å². The highest BCUT2D eigenvalue weighted by molar-refractivity contribution is 6.70. The molecule has 1 rings (SSSR count). The van der Waals surface area contributed by atoms with E-state index in [0.717, 1.165) is 18.3 Å². The topological polar surface area (TPSA) is 9.23 Å². The van der Waals surface area contributed by atoms with Crippen LogP contribution in [0.3, 0.4) is 0 Å². The minimum atomic E-state index is -1.36. The molecule has 1 nitrogen and oxygen atoms in total. The summed E-state index contributed by atoms with van der Waals surface area (Å²) in [7, 11) is -1.36. The molecule has 0 heterocycles. The molecule has 2 atom stereocenters. The Labute approximate surface area is 83.3 Å². The first-order valence-electron chi connectivity index (χ1n) is 5.32. The fourth-order valence-corrected chi connectivity index (χ4v) is 2.87. The zero-order valence-corrected chi connectivity index (χ0v) is 10.6. The van der Waals surface area contributed by atoms with E-state index in [9.17, 15) is 0 Å². The number of rotatable bonds is 3.